The number of hydrogen-bond acceptors (Lipinski definition) is 4. The van der Waals surface area contributed by atoms with E-state index < -0.39 is 94.4 Å². The number of esters is 1. The van der Waals surface area contributed by atoms with Gasteiger partial charge in [0.1, 0.15) is 0 Å². The van der Waals surface area contributed by atoms with Crippen LogP contribution < -0.4 is 10.6 Å². The first kappa shape index (κ1) is 35.0. The molecule has 0 bridgehead atoms. The normalized spacial score (nSPS) is 21.0. The van der Waals surface area contributed by atoms with E-state index in [1.807, 2.05) is 0 Å². The molecule has 0 N–H and O–H groups in total. The minimum absolute atomic E-state index is 0.229. The fraction of sp³-hybridized carbons (Fsp3) is 0.367. The zero-order chi connectivity index (χ0) is 35.1. The van der Waals surface area contributed by atoms with Gasteiger partial charge in [0.05, 0.1) is 0 Å². The van der Waals surface area contributed by atoms with Crippen LogP contribution in [0.2, 0.25) is 0 Å². The molecule has 1 atom stereocenters. The van der Waals surface area contributed by atoms with Crippen LogP contribution in [0, 0.1) is 5.92 Å². The molecule has 3 aromatic rings. The molecule has 0 radical (unpaired) electrons. The summed E-state index contributed by atoms with van der Waals surface area (Å²) < 4.78 is 197. The Kier molecular flexibility index (Phi) is 7.86. The molecule has 5 rings (SSSR count). The molecular weight excluding hydrogens is 683 g/mol. The minimum atomic E-state index is -7.49. The van der Waals surface area contributed by atoms with Crippen molar-refractivity contribution in [3.05, 3.63) is 95.6 Å². The number of alkyl halides is 12. The quantitative estimate of drug-likeness (QED) is 0.151. The van der Waals surface area contributed by atoms with Gasteiger partial charge in [-0.25, -0.2) is 0 Å². The fourth-order valence-electron chi connectivity index (χ4n) is 6.35. The molecule has 0 saturated carbocycles. The van der Waals surface area contributed by atoms with E-state index in [0.717, 1.165) is 36.4 Å². The van der Waals surface area contributed by atoms with Gasteiger partial charge >= 0.3 is 258 Å². The number of rotatable bonds is 5. The zero-order valence-corrected chi connectivity index (χ0v) is 24.9. The second-order valence-corrected chi connectivity index (χ2v) is 15.3. The molecule has 3 aromatic carbocycles. The Balaban J connectivity index is 2.12. The Bertz CT molecular complexity index is 1560. The summed E-state index contributed by atoms with van der Waals surface area (Å²) in [4.78, 5) is 14.2. The van der Waals surface area contributed by atoms with Gasteiger partial charge in [0.25, 0.3) is 0 Å². The summed E-state index contributed by atoms with van der Waals surface area (Å²) in [6.07, 6.45) is -26.3. The van der Waals surface area contributed by atoms with Crippen molar-refractivity contribution in [3.8, 4) is 0 Å². The van der Waals surface area contributed by atoms with E-state index in [2.05, 4.69) is 0 Å². The molecule has 2 aliphatic rings. The Morgan fingerprint density at radius 1 is 0.638 bits per heavy atom. The summed E-state index contributed by atoms with van der Waals surface area (Å²) >= 11 is 0. The van der Waals surface area contributed by atoms with E-state index >= 15 is 52.7 Å². The summed E-state index contributed by atoms with van der Waals surface area (Å²) in [6.45, 7) is 2.38. The molecule has 4 nitrogen and oxygen atoms in total. The van der Waals surface area contributed by atoms with Crippen molar-refractivity contribution < 1.29 is 71.3 Å². The summed E-state index contributed by atoms with van der Waals surface area (Å²) in [5.74, 6) is -2.32. The van der Waals surface area contributed by atoms with Crippen LogP contribution in [0.5, 0.6) is 0 Å². The average Bonchev–Trinajstić information content (AvgIpc) is 3.41. The number of ether oxygens (including phenoxy) is 1. The number of halogens is 12. The Labute approximate surface area is 258 Å². The third-order valence-corrected chi connectivity index (χ3v) is 13.4. The van der Waals surface area contributed by atoms with E-state index in [1.54, 1.807) is 0 Å². The van der Waals surface area contributed by atoms with Crippen molar-refractivity contribution in [2.75, 3.05) is 6.61 Å². The Morgan fingerprint density at radius 3 is 1.36 bits per heavy atom. The van der Waals surface area contributed by atoms with E-state index in [9.17, 15) is 4.79 Å². The molecule has 0 fully saturated rings. The average molecular weight is 706 g/mol. The van der Waals surface area contributed by atoms with Gasteiger partial charge in [0.15, 0.2) is 0 Å². The van der Waals surface area contributed by atoms with Crippen molar-refractivity contribution >= 4 is 23.6 Å². The third kappa shape index (κ3) is 4.46. The summed E-state index contributed by atoms with van der Waals surface area (Å²) in [5.41, 5.74) is -18.4. The van der Waals surface area contributed by atoms with Gasteiger partial charge in [-0.2, -0.15) is 0 Å². The Hall–Kier alpha value is -3.36. The van der Waals surface area contributed by atoms with Crippen LogP contribution >= 0.6 is 7.06 Å². The van der Waals surface area contributed by atoms with Gasteiger partial charge in [-0.3, -0.25) is 0 Å². The van der Waals surface area contributed by atoms with Crippen LogP contribution in [0.3, 0.4) is 0 Å². The molecule has 1 spiro atoms. The monoisotopic (exact) mass is 706 g/mol. The standard InChI is InChI=1S/C30H23F12O4P/c1-17(2)16-44-24(43)23(18-10-4-3-5-11-18)47(21-14-8-6-12-19(21)25(45-47,27(31,32)33)28(34,35)36)22-15-9-7-13-20(22)26(46-47,29(37,38)39)30(40,41)42/h3-15,17,23H,16H2,1-2H3/t23-/m1/s1. The Morgan fingerprint density at radius 2 is 1.00 bits per heavy atom. The maximum absolute atomic E-state index is 15.1. The molecule has 47 heavy (non-hydrogen) atoms. The maximum atomic E-state index is 15.1. The predicted molar refractivity (Wildman–Crippen MR) is 144 cm³/mol. The van der Waals surface area contributed by atoms with Crippen molar-refractivity contribution in [3.63, 3.8) is 0 Å². The van der Waals surface area contributed by atoms with Gasteiger partial charge in [-0.05, 0) is 0 Å². The number of benzene rings is 3. The summed E-state index contributed by atoms with van der Waals surface area (Å²) in [6, 6.07) is 9.73. The molecule has 0 unspecified atom stereocenters. The summed E-state index contributed by atoms with van der Waals surface area (Å²) in [5, 5.41) is -2.88. The number of hydrogen-bond donors (Lipinski definition) is 0. The van der Waals surface area contributed by atoms with Crippen LogP contribution in [0.1, 0.15) is 36.2 Å². The van der Waals surface area contributed by atoms with E-state index in [-0.39, 0.29) is 12.1 Å². The van der Waals surface area contributed by atoms with Crippen molar-refractivity contribution in [1.29, 1.82) is 0 Å². The topological polar surface area (TPSA) is 44.8 Å². The van der Waals surface area contributed by atoms with Crippen molar-refractivity contribution in [2.45, 2.75) is 55.4 Å². The van der Waals surface area contributed by atoms with E-state index in [4.69, 9.17) is 13.8 Å². The fourth-order valence-corrected chi connectivity index (χ4v) is 12.8. The number of fused-ring (bicyclic) bond motifs is 4. The molecule has 2 heterocycles. The molecule has 2 aliphatic heterocycles. The van der Waals surface area contributed by atoms with E-state index in [0.29, 0.717) is 24.3 Å². The van der Waals surface area contributed by atoms with Crippen LogP contribution in [0.4, 0.5) is 52.7 Å². The number of carbonyl (C=O) groups is 1. The van der Waals surface area contributed by atoms with Gasteiger partial charge < -0.3 is 0 Å². The van der Waals surface area contributed by atoms with Gasteiger partial charge in [-0.1, -0.05) is 0 Å². The molecule has 256 valence electrons. The molecule has 0 aromatic heterocycles. The zero-order valence-electron chi connectivity index (χ0n) is 24.0. The van der Waals surface area contributed by atoms with Crippen LogP contribution in [-0.4, -0.2) is 37.3 Å². The van der Waals surface area contributed by atoms with Gasteiger partial charge in [-0.15, -0.1) is 0 Å². The second kappa shape index (κ2) is 10.6. The molecule has 0 amide bonds. The molecule has 17 heteroatoms. The SMILES string of the molecule is CC(C)COC(=O)[C@@H](c1ccccc1)P12(OC(C(F)(F)F)(C(F)(F)F)c3ccccc31)OC(C(F)(F)F)(C(F)(F)F)c1ccccc12. The first-order chi connectivity index (χ1) is 21.5. The first-order valence-electron chi connectivity index (χ1n) is 13.6. The predicted octanol–water partition coefficient (Wildman–Crippen LogP) is 8.66. The molecule has 0 saturated heterocycles. The summed E-state index contributed by atoms with van der Waals surface area (Å²) in [7, 11) is -7.49. The van der Waals surface area contributed by atoms with Crippen LogP contribution in [0.25, 0.3) is 0 Å². The second-order valence-electron chi connectivity index (χ2n) is 11.4. The molecular formula is C30H23F12O4P. The first-order valence-corrected chi connectivity index (χ1v) is 15.8. The van der Waals surface area contributed by atoms with Crippen molar-refractivity contribution in [2.24, 2.45) is 5.92 Å². The molecule has 0 aliphatic carbocycles. The van der Waals surface area contributed by atoms with Crippen molar-refractivity contribution in [1.82, 2.24) is 0 Å². The van der Waals surface area contributed by atoms with Crippen LogP contribution in [0.15, 0.2) is 78.9 Å². The van der Waals surface area contributed by atoms with E-state index in [1.165, 1.54) is 19.9 Å². The third-order valence-electron chi connectivity index (χ3n) is 8.08. The number of carbonyl (C=O) groups excluding carboxylic acids is 1. The van der Waals surface area contributed by atoms with Gasteiger partial charge in [0, 0.05) is 0 Å². The van der Waals surface area contributed by atoms with Gasteiger partial charge in [0.2, 0.25) is 0 Å². The van der Waals surface area contributed by atoms with Crippen LogP contribution in [-0.2, 0) is 29.8 Å².